The molecule has 148 valence electrons. The lowest BCUT2D eigenvalue weighted by molar-refractivity contribution is -0.387. The Bertz CT molecular complexity index is 1090. The van der Waals surface area contributed by atoms with E-state index in [0.29, 0.717) is 6.42 Å². The largest absolute Gasteiger partial charge is 0.456 e. The Morgan fingerprint density at radius 2 is 1.93 bits per heavy atom. The average molecular weight is 397 g/mol. The summed E-state index contributed by atoms with van der Waals surface area (Å²) in [7, 11) is 0. The van der Waals surface area contributed by atoms with E-state index in [1.165, 1.54) is 6.07 Å². The smallest absolute Gasteiger partial charge is 0.306 e. The molecule has 0 aliphatic heterocycles. The molecular weight excluding hydrogens is 381 g/mol. The van der Waals surface area contributed by atoms with Crippen molar-refractivity contribution in [3.63, 3.8) is 0 Å². The van der Waals surface area contributed by atoms with Crippen LogP contribution in [0, 0.1) is 15.9 Å². The van der Waals surface area contributed by atoms with Gasteiger partial charge in [-0.3, -0.25) is 24.7 Å². The summed E-state index contributed by atoms with van der Waals surface area (Å²) >= 11 is 0. The van der Waals surface area contributed by atoms with Crippen LogP contribution in [0.5, 0.6) is 0 Å². The quantitative estimate of drug-likeness (QED) is 0.372. The fraction of sp³-hybridized carbons (Fsp3) is 0.150. The number of nitrogens with one attached hydrogen (secondary N) is 1. The summed E-state index contributed by atoms with van der Waals surface area (Å²) in [5.74, 6) is -2.29. The number of fused-ring (bicyclic) bond motifs is 1. The molecule has 0 unspecified atom stereocenters. The molecule has 0 spiro atoms. The van der Waals surface area contributed by atoms with Crippen molar-refractivity contribution in [3.8, 4) is 0 Å². The Balaban J connectivity index is 1.48. The number of ether oxygens (including phenoxy) is 1. The number of pyridine rings is 1. The first-order chi connectivity index (χ1) is 13.9. The van der Waals surface area contributed by atoms with Crippen molar-refractivity contribution in [2.75, 3.05) is 11.9 Å². The SMILES string of the molecule is O=C(COC(=O)CCc1ccc2ccccc2n1)Nc1ccc(F)c([N+](=O)[O-])c1. The van der Waals surface area contributed by atoms with Gasteiger partial charge < -0.3 is 10.1 Å². The normalized spacial score (nSPS) is 10.5. The fourth-order valence-electron chi connectivity index (χ4n) is 2.62. The number of esters is 1. The molecule has 1 N–H and O–H groups in total. The lowest BCUT2D eigenvalue weighted by atomic mass is 10.1. The van der Waals surface area contributed by atoms with Gasteiger partial charge in [0.15, 0.2) is 6.61 Å². The van der Waals surface area contributed by atoms with Gasteiger partial charge in [-0.05, 0) is 24.3 Å². The van der Waals surface area contributed by atoms with Gasteiger partial charge in [-0.2, -0.15) is 4.39 Å². The summed E-state index contributed by atoms with van der Waals surface area (Å²) in [5.41, 5.74) is 0.817. The number of aryl methyl sites for hydroxylation is 1. The first-order valence-corrected chi connectivity index (χ1v) is 8.66. The number of benzene rings is 2. The number of hydrogen-bond acceptors (Lipinski definition) is 6. The van der Waals surface area contributed by atoms with Crippen molar-refractivity contribution in [1.82, 2.24) is 4.98 Å². The van der Waals surface area contributed by atoms with E-state index >= 15 is 0 Å². The number of nitrogens with zero attached hydrogens (tertiary/aromatic N) is 2. The topological polar surface area (TPSA) is 111 Å². The minimum atomic E-state index is -1.01. The number of nitro benzene ring substituents is 1. The number of aromatic nitrogens is 1. The zero-order valence-electron chi connectivity index (χ0n) is 15.1. The number of halogens is 1. The first kappa shape index (κ1) is 19.9. The highest BCUT2D eigenvalue weighted by atomic mass is 19.1. The van der Waals surface area contributed by atoms with Crippen molar-refractivity contribution in [1.29, 1.82) is 0 Å². The molecule has 8 nitrogen and oxygen atoms in total. The second-order valence-electron chi connectivity index (χ2n) is 6.13. The minimum Gasteiger partial charge on any atom is -0.456 e. The highest BCUT2D eigenvalue weighted by molar-refractivity contribution is 5.93. The number of para-hydroxylation sites is 1. The predicted octanol–water partition coefficient (Wildman–Crippen LogP) is 3.40. The van der Waals surface area contributed by atoms with Crippen LogP contribution in [0.4, 0.5) is 15.8 Å². The number of hydrogen-bond donors (Lipinski definition) is 1. The maximum Gasteiger partial charge on any atom is 0.306 e. The second-order valence-corrected chi connectivity index (χ2v) is 6.13. The van der Waals surface area contributed by atoms with E-state index in [0.717, 1.165) is 28.7 Å². The van der Waals surface area contributed by atoms with Gasteiger partial charge in [0.1, 0.15) is 0 Å². The van der Waals surface area contributed by atoms with Crippen molar-refractivity contribution in [2.24, 2.45) is 0 Å². The molecular formula is C20H16FN3O5. The van der Waals surface area contributed by atoms with Crippen LogP contribution in [0.2, 0.25) is 0 Å². The van der Waals surface area contributed by atoms with Crippen molar-refractivity contribution < 1.29 is 23.6 Å². The van der Waals surface area contributed by atoms with Crippen LogP contribution in [0.1, 0.15) is 12.1 Å². The predicted molar refractivity (Wildman–Crippen MR) is 103 cm³/mol. The molecule has 0 aliphatic carbocycles. The number of carbonyl (C=O) groups is 2. The van der Waals surface area contributed by atoms with E-state index in [-0.39, 0.29) is 12.1 Å². The molecule has 1 aromatic heterocycles. The second kappa shape index (κ2) is 8.87. The van der Waals surface area contributed by atoms with Crippen molar-refractivity contribution in [3.05, 3.63) is 76.2 Å². The zero-order chi connectivity index (χ0) is 20.8. The van der Waals surface area contributed by atoms with E-state index < -0.39 is 34.9 Å². The van der Waals surface area contributed by atoms with E-state index in [1.54, 1.807) is 0 Å². The van der Waals surface area contributed by atoms with Crippen LogP contribution in [-0.2, 0) is 20.7 Å². The molecule has 3 rings (SSSR count). The Kier molecular flexibility index (Phi) is 6.08. The molecule has 9 heteroatoms. The molecule has 29 heavy (non-hydrogen) atoms. The Hall–Kier alpha value is -3.88. The van der Waals surface area contributed by atoms with E-state index in [2.05, 4.69) is 10.3 Å². The van der Waals surface area contributed by atoms with Crippen molar-refractivity contribution >= 4 is 34.2 Å². The summed E-state index contributed by atoms with van der Waals surface area (Å²) in [6, 6.07) is 14.3. The maximum absolute atomic E-state index is 13.3. The zero-order valence-corrected chi connectivity index (χ0v) is 15.1. The number of anilines is 1. The summed E-state index contributed by atoms with van der Waals surface area (Å²) in [6.07, 6.45) is 0.399. The number of nitro groups is 1. The van der Waals surface area contributed by atoms with E-state index in [1.807, 2.05) is 36.4 Å². The van der Waals surface area contributed by atoms with Crippen LogP contribution in [0.25, 0.3) is 10.9 Å². The molecule has 0 aliphatic rings. The molecule has 3 aromatic rings. The summed E-state index contributed by atoms with van der Waals surface area (Å²) in [4.78, 5) is 38.0. The molecule has 1 amide bonds. The van der Waals surface area contributed by atoms with Gasteiger partial charge in [0, 0.05) is 29.3 Å². The highest BCUT2D eigenvalue weighted by Gasteiger charge is 2.16. The third kappa shape index (κ3) is 5.32. The highest BCUT2D eigenvalue weighted by Crippen LogP contribution is 2.21. The van der Waals surface area contributed by atoms with Crippen LogP contribution >= 0.6 is 0 Å². The lowest BCUT2D eigenvalue weighted by Gasteiger charge is -2.07. The van der Waals surface area contributed by atoms with Crippen LogP contribution in [0.3, 0.4) is 0 Å². The van der Waals surface area contributed by atoms with Crippen molar-refractivity contribution in [2.45, 2.75) is 12.8 Å². The molecule has 1 heterocycles. The molecule has 0 fully saturated rings. The third-order valence-corrected chi connectivity index (χ3v) is 4.03. The minimum absolute atomic E-state index is 0.0273. The van der Waals surface area contributed by atoms with Gasteiger partial charge >= 0.3 is 11.7 Å². The van der Waals surface area contributed by atoms with Crippen LogP contribution in [-0.4, -0.2) is 28.4 Å². The molecule has 0 bridgehead atoms. The standard InChI is InChI=1S/C20H16FN3O5/c21-16-9-7-15(11-18(16)24(27)28)23-19(25)12-29-20(26)10-8-14-6-5-13-3-1-2-4-17(13)22-14/h1-7,9,11H,8,10,12H2,(H,23,25). The van der Waals surface area contributed by atoms with Gasteiger partial charge in [0.05, 0.1) is 16.9 Å². The van der Waals surface area contributed by atoms with Gasteiger partial charge in [-0.25, -0.2) is 0 Å². The fourth-order valence-corrected chi connectivity index (χ4v) is 2.62. The number of carbonyl (C=O) groups excluding carboxylic acids is 2. The summed E-state index contributed by atoms with van der Waals surface area (Å²) < 4.78 is 18.2. The first-order valence-electron chi connectivity index (χ1n) is 8.66. The summed E-state index contributed by atoms with van der Waals surface area (Å²) in [6.45, 7) is -0.560. The average Bonchev–Trinajstić information content (AvgIpc) is 2.71. The molecule has 2 aromatic carbocycles. The number of rotatable bonds is 7. The molecule has 0 atom stereocenters. The van der Waals surface area contributed by atoms with E-state index in [4.69, 9.17) is 4.74 Å². The Morgan fingerprint density at radius 3 is 2.72 bits per heavy atom. The lowest BCUT2D eigenvalue weighted by Crippen LogP contribution is -2.21. The Labute approximate surface area is 164 Å². The monoisotopic (exact) mass is 397 g/mol. The molecule has 0 radical (unpaired) electrons. The maximum atomic E-state index is 13.3. The van der Waals surface area contributed by atoms with E-state index in [9.17, 15) is 24.1 Å². The van der Waals surface area contributed by atoms with Gasteiger partial charge in [-0.1, -0.05) is 24.3 Å². The number of amides is 1. The van der Waals surface area contributed by atoms with Gasteiger partial charge in [0.25, 0.3) is 5.91 Å². The molecule has 0 saturated carbocycles. The van der Waals surface area contributed by atoms with Crippen LogP contribution in [0.15, 0.2) is 54.6 Å². The van der Waals surface area contributed by atoms with Gasteiger partial charge in [-0.15, -0.1) is 0 Å². The third-order valence-electron chi connectivity index (χ3n) is 4.03. The molecule has 0 saturated heterocycles. The summed E-state index contributed by atoms with van der Waals surface area (Å²) in [5, 5.41) is 14.0. The Morgan fingerprint density at radius 1 is 1.14 bits per heavy atom. The van der Waals surface area contributed by atoms with Gasteiger partial charge in [0.2, 0.25) is 5.82 Å². The van der Waals surface area contributed by atoms with Crippen LogP contribution < -0.4 is 5.32 Å².